The van der Waals surface area contributed by atoms with Crippen LogP contribution >= 0.6 is 11.8 Å². The molecule has 0 amide bonds. The quantitative estimate of drug-likeness (QED) is 0.906. The van der Waals surface area contributed by atoms with Crippen LogP contribution < -0.4 is 5.73 Å². The summed E-state index contributed by atoms with van der Waals surface area (Å²) in [6, 6.07) is 4.03. The third kappa shape index (κ3) is 2.60. The highest BCUT2D eigenvalue weighted by Crippen LogP contribution is 2.37. The summed E-state index contributed by atoms with van der Waals surface area (Å²) >= 11 is 1.71. The number of amidine groups is 1. The molecule has 0 aromatic carbocycles. The van der Waals surface area contributed by atoms with Crippen LogP contribution in [-0.4, -0.2) is 59.3 Å². The Kier molecular flexibility index (Phi) is 3.77. The van der Waals surface area contributed by atoms with Crippen molar-refractivity contribution in [2.24, 2.45) is 4.99 Å². The number of hydrogen-bond acceptors (Lipinski definition) is 7. The number of aliphatic imine (C=N–C) groups is 1. The van der Waals surface area contributed by atoms with Crippen molar-refractivity contribution < 1.29 is 4.74 Å². The summed E-state index contributed by atoms with van der Waals surface area (Å²) in [5.74, 6) is 0.585. The number of rotatable bonds is 3. The number of anilines is 1. The Morgan fingerprint density at radius 2 is 2.23 bits per heavy atom. The summed E-state index contributed by atoms with van der Waals surface area (Å²) in [5, 5.41) is 3.30. The number of thioether (sulfide) groups is 1. The zero-order valence-corrected chi connectivity index (χ0v) is 13.1. The summed E-state index contributed by atoms with van der Waals surface area (Å²) in [6.45, 7) is 5.48. The van der Waals surface area contributed by atoms with E-state index in [2.05, 4.69) is 20.2 Å². The van der Waals surface area contributed by atoms with Gasteiger partial charge in [0.05, 0.1) is 25.8 Å². The number of fused-ring (bicyclic) bond motifs is 1. The number of nitrogens with zero attached hydrogens (tertiary/aromatic N) is 4. The third-order valence-electron chi connectivity index (χ3n) is 4.22. The summed E-state index contributed by atoms with van der Waals surface area (Å²) in [6.07, 6.45) is 1.72. The van der Waals surface area contributed by atoms with Crippen molar-refractivity contribution in [3.05, 3.63) is 35.0 Å². The molecule has 116 valence electrons. The molecule has 0 saturated carbocycles. The van der Waals surface area contributed by atoms with E-state index >= 15 is 0 Å². The Balaban J connectivity index is 1.46. The van der Waals surface area contributed by atoms with Crippen LogP contribution in [0, 0.1) is 0 Å². The van der Waals surface area contributed by atoms with Gasteiger partial charge < -0.3 is 15.4 Å². The van der Waals surface area contributed by atoms with Gasteiger partial charge in [-0.3, -0.25) is 9.89 Å². The van der Waals surface area contributed by atoms with Crippen molar-refractivity contribution in [2.45, 2.75) is 6.04 Å². The summed E-state index contributed by atoms with van der Waals surface area (Å²) < 4.78 is 5.41. The molecule has 3 aliphatic heterocycles. The van der Waals surface area contributed by atoms with Crippen LogP contribution in [0.4, 0.5) is 5.82 Å². The summed E-state index contributed by atoms with van der Waals surface area (Å²) in [7, 11) is 0. The third-order valence-corrected chi connectivity index (χ3v) is 5.15. The first-order valence-corrected chi connectivity index (χ1v) is 8.41. The van der Waals surface area contributed by atoms with Gasteiger partial charge >= 0.3 is 0 Å². The van der Waals surface area contributed by atoms with Crippen LogP contribution in [0.2, 0.25) is 0 Å². The van der Waals surface area contributed by atoms with Gasteiger partial charge in [-0.1, -0.05) is 17.8 Å². The van der Waals surface area contributed by atoms with Crippen LogP contribution in [0.25, 0.3) is 0 Å². The lowest BCUT2D eigenvalue weighted by Crippen LogP contribution is -2.39. The zero-order valence-electron chi connectivity index (χ0n) is 12.3. The van der Waals surface area contributed by atoms with E-state index in [4.69, 9.17) is 15.5 Å². The predicted octanol–water partition coefficient (Wildman–Crippen LogP) is 1.30. The normalized spacial score (nSPS) is 25.1. The predicted molar refractivity (Wildman–Crippen MR) is 88.5 cm³/mol. The molecule has 22 heavy (non-hydrogen) atoms. The minimum absolute atomic E-state index is 0.0876. The van der Waals surface area contributed by atoms with Gasteiger partial charge in [0.15, 0.2) is 5.17 Å². The van der Waals surface area contributed by atoms with Gasteiger partial charge in [-0.05, 0) is 11.5 Å². The average molecular weight is 317 g/mol. The topological polar surface area (TPSA) is 67.0 Å². The van der Waals surface area contributed by atoms with E-state index in [0.717, 1.165) is 50.1 Å². The maximum Gasteiger partial charge on any atom is 0.168 e. The van der Waals surface area contributed by atoms with Gasteiger partial charge in [0, 0.05) is 37.1 Å². The molecule has 1 atom stereocenters. The van der Waals surface area contributed by atoms with E-state index in [-0.39, 0.29) is 6.04 Å². The van der Waals surface area contributed by atoms with Crippen molar-refractivity contribution in [1.29, 1.82) is 0 Å². The minimum Gasteiger partial charge on any atom is -0.383 e. The molecule has 0 radical (unpaired) electrons. The van der Waals surface area contributed by atoms with Gasteiger partial charge in [-0.15, -0.1) is 0 Å². The first kappa shape index (κ1) is 14.0. The van der Waals surface area contributed by atoms with Gasteiger partial charge in [0.1, 0.15) is 5.82 Å². The molecule has 1 unspecified atom stereocenters. The molecule has 2 N–H and O–H groups in total. The van der Waals surface area contributed by atoms with E-state index in [1.54, 1.807) is 18.0 Å². The first-order valence-electron chi connectivity index (χ1n) is 7.53. The van der Waals surface area contributed by atoms with E-state index in [0.29, 0.717) is 5.82 Å². The number of nitrogens with two attached hydrogens (primary N) is 1. The Morgan fingerprint density at radius 1 is 1.36 bits per heavy atom. The van der Waals surface area contributed by atoms with Crippen molar-refractivity contribution in [3.8, 4) is 0 Å². The Labute approximate surface area is 134 Å². The van der Waals surface area contributed by atoms with E-state index in [1.165, 1.54) is 5.70 Å². The molecule has 3 aliphatic rings. The highest BCUT2D eigenvalue weighted by molar-refractivity contribution is 8.16. The number of aromatic nitrogens is 1. The zero-order chi connectivity index (χ0) is 14.9. The van der Waals surface area contributed by atoms with Gasteiger partial charge in [0.2, 0.25) is 0 Å². The molecule has 4 rings (SSSR count). The van der Waals surface area contributed by atoms with E-state index < -0.39 is 0 Å². The van der Waals surface area contributed by atoms with Crippen molar-refractivity contribution in [3.63, 3.8) is 0 Å². The molecule has 0 bridgehead atoms. The van der Waals surface area contributed by atoms with Crippen LogP contribution in [0.5, 0.6) is 0 Å². The summed E-state index contributed by atoms with van der Waals surface area (Å²) in [4.78, 5) is 13.7. The number of nitrogen functional groups attached to an aromatic ring is 1. The lowest BCUT2D eigenvalue weighted by molar-refractivity contribution is 0.0405. The molecular weight excluding hydrogens is 298 g/mol. The fourth-order valence-corrected chi connectivity index (χ4v) is 3.95. The molecule has 1 aromatic rings. The van der Waals surface area contributed by atoms with Crippen molar-refractivity contribution >= 4 is 22.7 Å². The van der Waals surface area contributed by atoms with Crippen LogP contribution in [0.3, 0.4) is 0 Å². The Bertz CT molecular complexity index is 626. The SMILES string of the molecule is Nc1ncccc1C1CN2C(CN3CCOCC3)=CSC2=N1. The number of ether oxygens (including phenoxy) is 1. The van der Waals surface area contributed by atoms with Crippen LogP contribution in [0.1, 0.15) is 11.6 Å². The molecule has 1 aromatic heterocycles. The van der Waals surface area contributed by atoms with Crippen LogP contribution in [-0.2, 0) is 4.74 Å². The standard InChI is InChI=1S/C15H19N5OS/c16-14-12(2-1-3-17-14)13-9-20-11(10-22-15(20)18-13)8-19-4-6-21-7-5-19/h1-3,10,13H,4-9H2,(H2,16,17). The summed E-state index contributed by atoms with van der Waals surface area (Å²) in [5.41, 5.74) is 8.35. The number of hydrogen-bond donors (Lipinski definition) is 1. The second kappa shape index (κ2) is 5.91. The van der Waals surface area contributed by atoms with Crippen molar-refractivity contribution in [2.75, 3.05) is 45.1 Å². The van der Waals surface area contributed by atoms with Gasteiger partial charge in [0.25, 0.3) is 0 Å². The molecule has 1 fully saturated rings. The molecule has 6 nitrogen and oxygen atoms in total. The molecule has 0 aliphatic carbocycles. The number of morpholine rings is 1. The molecule has 0 spiro atoms. The van der Waals surface area contributed by atoms with Gasteiger partial charge in [-0.2, -0.15) is 0 Å². The molecule has 7 heteroatoms. The monoisotopic (exact) mass is 317 g/mol. The van der Waals surface area contributed by atoms with Crippen molar-refractivity contribution in [1.82, 2.24) is 14.8 Å². The molecule has 1 saturated heterocycles. The fraction of sp³-hybridized carbons (Fsp3) is 0.467. The van der Waals surface area contributed by atoms with E-state index in [1.807, 2.05) is 12.1 Å². The minimum atomic E-state index is 0.0876. The van der Waals surface area contributed by atoms with Crippen LogP contribution in [0.15, 0.2) is 34.4 Å². The lowest BCUT2D eigenvalue weighted by Gasteiger charge is -2.29. The smallest absolute Gasteiger partial charge is 0.168 e. The fourth-order valence-electron chi connectivity index (χ4n) is 3.00. The molecular formula is C15H19N5OS. The highest BCUT2D eigenvalue weighted by Gasteiger charge is 2.34. The number of pyridine rings is 1. The first-order chi connectivity index (χ1) is 10.8. The van der Waals surface area contributed by atoms with Gasteiger partial charge in [-0.25, -0.2) is 4.98 Å². The second-order valence-electron chi connectivity index (χ2n) is 5.63. The molecule has 4 heterocycles. The second-order valence-corrected chi connectivity index (χ2v) is 6.47. The highest BCUT2D eigenvalue weighted by atomic mass is 32.2. The van der Waals surface area contributed by atoms with E-state index in [9.17, 15) is 0 Å². The maximum atomic E-state index is 5.99. The largest absolute Gasteiger partial charge is 0.383 e. The Morgan fingerprint density at radius 3 is 3.05 bits per heavy atom. The average Bonchev–Trinajstić information content (AvgIpc) is 3.11. The lowest BCUT2D eigenvalue weighted by atomic mass is 10.1. The maximum absolute atomic E-state index is 5.99. The Hall–Kier alpha value is -1.57.